The maximum Gasteiger partial charge on any atom is 0.243 e. The molecule has 0 aliphatic heterocycles. The van der Waals surface area contributed by atoms with Crippen LogP contribution in [-0.2, 0) is 10.0 Å². The average Bonchev–Trinajstić information content (AvgIpc) is 2.55. The van der Waals surface area contributed by atoms with Crippen molar-refractivity contribution in [1.82, 2.24) is 4.72 Å². The zero-order valence-electron chi connectivity index (χ0n) is 10.5. The van der Waals surface area contributed by atoms with Gasteiger partial charge in [-0.2, -0.15) is 0 Å². The van der Waals surface area contributed by atoms with Crippen LogP contribution in [0.4, 0.5) is 4.39 Å². The lowest BCUT2D eigenvalue weighted by Crippen LogP contribution is -2.42. The van der Waals surface area contributed by atoms with Crippen molar-refractivity contribution in [2.45, 2.75) is 49.1 Å². The summed E-state index contributed by atoms with van der Waals surface area (Å²) in [7, 11) is -3.92. The van der Waals surface area contributed by atoms with Gasteiger partial charge in [0, 0.05) is 6.04 Å². The van der Waals surface area contributed by atoms with Gasteiger partial charge in [-0.15, -0.1) is 0 Å². The van der Waals surface area contributed by atoms with Crippen molar-refractivity contribution in [3.8, 4) is 0 Å². The van der Waals surface area contributed by atoms with Crippen molar-refractivity contribution >= 4 is 10.0 Å². The molecule has 1 aliphatic carbocycles. The van der Waals surface area contributed by atoms with E-state index in [1.807, 2.05) is 0 Å². The van der Waals surface area contributed by atoms with Crippen LogP contribution < -0.4 is 4.72 Å². The van der Waals surface area contributed by atoms with Crippen LogP contribution in [0.1, 0.15) is 32.1 Å². The second kappa shape index (κ2) is 5.98. The molecule has 0 heterocycles. The largest absolute Gasteiger partial charge is 0.391 e. The zero-order valence-corrected chi connectivity index (χ0v) is 11.4. The maximum atomic E-state index is 13.5. The van der Waals surface area contributed by atoms with Gasteiger partial charge in [-0.25, -0.2) is 17.5 Å². The fourth-order valence-corrected chi connectivity index (χ4v) is 3.73. The van der Waals surface area contributed by atoms with Crippen molar-refractivity contribution in [3.63, 3.8) is 0 Å². The van der Waals surface area contributed by atoms with Gasteiger partial charge in [-0.3, -0.25) is 0 Å². The number of hydrogen-bond acceptors (Lipinski definition) is 3. The molecule has 2 unspecified atom stereocenters. The summed E-state index contributed by atoms with van der Waals surface area (Å²) in [6.45, 7) is 0. The Balaban J connectivity index is 2.19. The lowest BCUT2D eigenvalue weighted by molar-refractivity contribution is 0.130. The third kappa shape index (κ3) is 3.52. The molecule has 1 saturated carbocycles. The highest BCUT2D eigenvalue weighted by atomic mass is 32.2. The number of aliphatic hydroxyl groups is 1. The molecule has 2 N–H and O–H groups in total. The zero-order chi connectivity index (χ0) is 13.9. The first-order valence-corrected chi connectivity index (χ1v) is 7.94. The van der Waals surface area contributed by atoms with Crippen molar-refractivity contribution in [2.75, 3.05) is 0 Å². The first-order chi connectivity index (χ1) is 9.00. The molecule has 0 spiro atoms. The Morgan fingerprint density at radius 3 is 2.58 bits per heavy atom. The molecule has 19 heavy (non-hydrogen) atoms. The van der Waals surface area contributed by atoms with Crippen LogP contribution in [-0.4, -0.2) is 25.7 Å². The number of sulfonamides is 1. The highest BCUT2D eigenvalue weighted by Crippen LogP contribution is 2.21. The first kappa shape index (κ1) is 14.4. The number of rotatable bonds is 3. The molecule has 0 radical (unpaired) electrons. The number of nitrogens with one attached hydrogen (secondary N) is 1. The summed E-state index contributed by atoms with van der Waals surface area (Å²) >= 11 is 0. The van der Waals surface area contributed by atoms with Crippen LogP contribution in [0.2, 0.25) is 0 Å². The molecule has 0 amide bonds. The predicted molar refractivity (Wildman–Crippen MR) is 69.6 cm³/mol. The van der Waals surface area contributed by atoms with Crippen molar-refractivity contribution < 1.29 is 17.9 Å². The van der Waals surface area contributed by atoms with Crippen LogP contribution in [0.25, 0.3) is 0 Å². The topological polar surface area (TPSA) is 66.4 Å². The third-order valence-electron chi connectivity index (χ3n) is 3.41. The second-order valence-electron chi connectivity index (χ2n) is 4.86. The van der Waals surface area contributed by atoms with Crippen LogP contribution in [0.15, 0.2) is 29.2 Å². The molecule has 4 nitrogen and oxygen atoms in total. The molecule has 2 rings (SSSR count). The summed E-state index contributed by atoms with van der Waals surface area (Å²) in [6, 6.07) is 4.71. The van der Waals surface area contributed by atoms with Gasteiger partial charge in [0.05, 0.1) is 6.10 Å². The average molecular weight is 287 g/mol. The van der Waals surface area contributed by atoms with Gasteiger partial charge in [-0.1, -0.05) is 31.4 Å². The molecule has 0 aromatic heterocycles. The smallest absolute Gasteiger partial charge is 0.243 e. The van der Waals surface area contributed by atoms with Gasteiger partial charge in [0.15, 0.2) is 0 Å². The normalized spacial score (nSPS) is 24.9. The van der Waals surface area contributed by atoms with E-state index in [-0.39, 0.29) is 4.90 Å². The Labute approximate surface area is 112 Å². The van der Waals surface area contributed by atoms with E-state index in [1.54, 1.807) is 0 Å². The monoisotopic (exact) mass is 287 g/mol. The third-order valence-corrected chi connectivity index (χ3v) is 4.94. The number of halogens is 1. The summed E-state index contributed by atoms with van der Waals surface area (Å²) in [5, 5.41) is 9.91. The number of benzene rings is 1. The fourth-order valence-electron chi connectivity index (χ4n) is 2.35. The Morgan fingerprint density at radius 1 is 1.16 bits per heavy atom. The minimum absolute atomic E-state index is 0.369. The van der Waals surface area contributed by atoms with Crippen molar-refractivity contribution in [3.05, 3.63) is 30.1 Å². The summed E-state index contributed by atoms with van der Waals surface area (Å²) in [4.78, 5) is -0.369. The molecular weight excluding hydrogens is 269 g/mol. The maximum absolute atomic E-state index is 13.5. The molecule has 0 bridgehead atoms. The molecule has 2 atom stereocenters. The highest BCUT2D eigenvalue weighted by Gasteiger charge is 2.28. The van der Waals surface area contributed by atoms with Gasteiger partial charge in [0.1, 0.15) is 10.7 Å². The van der Waals surface area contributed by atoms with E-state index in [0.29, 0.717) is 12.8 Å². The van der Waals surface area contributed by atoms with E-state index in [1.165, 1.54) is 18.2 Å². The fraction of sp³-hybridized carbons (Fsp3) is 0.538. The molecule has 106 valence electrons. The Morgan fingerprint density at radius 2 is 1.84 bits per heavy atom. The number of aliphatic hydroxyl groups excluding tert-OH is 1. The SMILES string of the molecule is O=S(=O)(NC1CCCCCC1O)c1ccccc1F. The van der Waals surface area contributed by atoms with Crippen LogP contribution in [0.5, 0.6) is 0 Å². The lowest BCUT2D eigenvalue weighted by Gasteiger charge is -2.21. The van der Waals surface area contributed by atoms with E-state index in [9.17, 15) is 17.9 Å². The summed E-state index contributed by atoms with van der Waals surface area (Å²) < 4.78 is 40.2. The summed E-state index contributed by atoms with van der Waals surface area (Å²) in [5.74, 6) is -0.780. The van der Waals surface area contributed by atoms with E-state index in [0.717, 1.165) is 25.3 Å². The van der Waals surface area contributed by atoms with Gasteiger partial charge in [0.2, 0.25) is 10.0 Å². The Hall–Kier alpha value is -0.980. The van der Waals surface area contributed by atoms with Crippen molar-refractivity contribution in [1.29, 1.82) is 0 Å². The molecular formula is C13H18FNO3S. The molecule has 6 heteroatoms. The summed E-state index contributed by atoms with van der Waals surface area (Å²) in [5.41, 5.74) is 0. The molecule has 1 aromatic carbocycles. The second-order valence-corrected chi connectivity index (χ2v) is 6.55. The molecule has 1 aliphatic rings. The van der Waals surface area contributed by atoms with Crippen LogP contribution in [0.3, 0.4) is 0 Å². The van der Waals surface area contributed by atoms with E-state index < -0.39 is 28.0 Å². The van der Waals surface area contributed by atoms with Gasteiger partial charge < -0.3 is 5.11 Å². The van der Waals surface area contributed by atoms with E-state index in [4.69, 9.17) is 0 Å². The lowest BCUT2D eigenvalue weighted by atomic mass is 10.1. The Bertz CT molecular complexity index is 532. The Kier molecular flexibility index (Phi) is 4.54. The van der Waals surface area contributed by atoms with Gasteiger partial charge in [0.25, 0.3) is 0 Å². The summed E-state index contributed by atoms with van der Waals surface area (Å²) in [6.07, 6.45) is 3.18. The van der Waals surface area contributed by atoms with Crippen LogP contribution >= 0.6 is 0 Å². The molecule has 1 aromatic rings. The van der Waals surface area contributed by atoms with Gasteiger partial charge in [-0.05, 0) is 25.0 Å². The van der Waals surface area contributed by atoms with E-state index in [2.05, 4.69) is 4.72 Å². The minimum Gasteiger partial charge on any atom is -0.391 e. The standard InChI is InChI=1S/C13H18FNO3S/c14-10-6-4-5-9-13(10)19(17,18)15-11-7-2-1-3-8-12(11)16/h4-6,9,11-12,15-16H,1-3,7-8H2. The van der Waals surface area contributed by atoms with Crippen molar-refractivity contribution in [2.24, 2.45) is 0 Å². The molecule has 1 fully saturated rings. The van der Waals surface area contributed by atoms with Crippen LogP contribution in [0, 0.1) is 5.82 Å². The first-order valence-electron chi connectivity index (χ1n) is 6.45. The van der Waals surface area contributed by atoms with E-state index >= 15 is 0 Å². The minimum atomic E-state index is -3.92. The number of hydrogen-bond donors (Lipinski definition) is 2. The highest BCUT2D eigenvalue weighted by molar-refractivity contribution is 7.89. The quantitative estimate of drug-likeness (QED) is 0.833. The molecule has 0 saturated heterocycles. The predicted octanol–water partition coefficient (Wildman–Crippen LogP) is 1.80. The van der Waals surface area contributed by atoms with Gasteiger partial charge >= 0.3 is 0 Å².